The topological polar surface area (TPSA) is 41.5 Å². The van der Waals surface area contributed by atoms with Crippen LogP contribution in [-0.4, -0.2) is 16.3 Å². The molecule has 0 saturated carbocycles. The van der Waals surface area contributed by atoms with Crippen molar-refractivity contribution in [2.24, 2.45) is 5.10 Å². The van der Waals surface area contributed by atoms with Gasteiger partial charge < -0.3 is 0 Å². The molecular weight excluding hydrogens is 280 g/mol. The summed E-state index contributed by atoms with van der Waals surface area (Å²) in [6.07, 6.45) is 5.26. The molecule has 108 valence electrons. The third-order valence-electron chi connectivity index (χ3n) is 2.85. The van der Waals surface area contributed by atoms with Gasteiger partial charge in [-0.3, -0.25) is 0 Å². The summed E-state index contributed by atoms with van der Waals surface area (Å²) >= 11 is 0. The van der Waals surface area contributed by atoms with Gasteiger partial charge in [-0.2, -0.15) is 5.10 Å². The van der Waals surface area contributed by atoms with Crippen molar-refractivity contribution in [1.82, 2.24) is 4.83 Å². The number of nitrogens with one attached hydrogen (secondary N) is 1. The summed E-state index contributed by atoms with van der Waals surface area (Å²) in [6, 6.07) is 17.3. The summed E-state index contributed by atoms with van der Waals surface area (Å²) in [5.74, 6) is 3.70. The third kappa shape index (κ3) is 4.61. The van der Waals surface area contributed by atoms with Crippen LogP contribution in [0.25, 0.3) is 6.08 Å². The van der Waals surface area contributed by atoms with Crippen LogP contribution in [0.1, 0.15) is 11.1 Å². The second kappa shape index (κ2) is 6.90. The SMILES string of the molecule is C=S(=O)(N/N=C/C=C/c1ccccc1)c1ccc(C)cc1. The molecule has 0 aliphatic rings. The van der Waals surface area contributed by atoms with Gasteiger partial charge in [-0.05, 0) is 36.6 Å². The number of allylic oxidation sites excluding steroid dienone is 1. The highest BCUT2D eigenvalue weighted by molar-refractivity contribution is 7.98. The monoisotopic (exact) mass is 298 g/mol. The van der Waals surface area contributed by atoms with Gasteiger partial charge >= 0.3 is 0 Å². The van der Waals surface area contributed by atoms with Crippen LogP contribution in [-0.2, 0) is 9.71 Å². The highest BCUT2D eigenvalue weighted by Gasteiger charge is 2.04. The molecule has 2 rings (SSSR count). The number of rotatable bonds is 5. The molecule has 0 heterocycles. The Morgan fingerprint density at radius 3 is 2.43 bits per heavy atom. The van der Waals surface area contributed by atoms with Crippen molar-refractivity contribution < 1.29 is 4.21 Å². The maximum Gasteiger partial charge on any atom is 0.0886 e. The van der Waals surface area contributed by atoms with Crippen LogP contribution in [0.3, 0.4) is 0 Å². The average Bonchev–Trinajstić information content (AvgIpc) is 2.48. The van der Waals surface area contributed by atoms with Gasteiger partial charge in [0.15, 0.2) is 0 Å². The van der Waals surface area contributed by atoms with E-state index in [1.807, 2.05) is 55.5 Å². The predicted molar refractivity (Wildman–Crippen MR) is 91.8 cm³/mol. The lowest BCUT2D eigenvalue weighted by Crippen LogP contribution is -2.17. The number of benzene rings is 2. The van der Waals surface area contributed by atoms with Gasteiger partial charge in [-0.15, -0.1) is 0 Å². The van der Waals surface area contributed by atoms with Gasteiger partial charge in [0.1, 0.15) is 0 Å². The zero-order chi connectivity index (χ0) is 15.1. The summed E-state index contributed by atoms with van der Waals surface area (Å²) in [4.78, 5) is 3.25. The van der Waals surface area contributed by atoms with Crippen molar-refractivity contribution in [2.75, 3.05) is 0 Å². The van der Waals surface area contributed by atoms with Crippen LogP contribution >= 0.6 is 0 Å². The minimum absolute atomic E-state index is 0.636. The molecule has 0 spiro atoms. The lowest BCUT2D eigenvalue weighted by atomic mass is 10.2. The Hall–Kier alpha value is -2.33. The summed E-state index contributed by atoms with van der Waals surface area (Å²) in [5.41, 5.74) is 2.20. The summed E-state index contributed by atoms with van der Waals surface area (Å²) in [7, 11) is -2.60. The predicted octanol–water partition coefficient (Wildman–Crippen LogP) is 3.27. The highest BCUT2D eigenvalue weighted by Crippen LogP contribution is 2.09. The van der Waals surface area contributed by atoms with Crippen LogP contribution in [0.5, 0.6) is 0 Å². The molecule has 4 heteroatoms. The molecule has 0 aromatic heterocycles. The van der Waals surface area contributed by atoms with E-state index in [9.17, 15) is 4.21 Å². The van der Waals surface area contributed by atoms with Crippen molar-refractivity contribution in [1.29, 1.82) is 0 Å². The molecule has 0 aliphatic carbocycles. The van der Waals surface area contributed by atoms with Gasteiger partial charge in [0.05, 0.1) is 14.6 Å². The first-order valence-corrected chi connectivity index (χ1v) is 8.26. The molecule has 0 saturated heterocycles. The van der Waals surface area contributed by atoms with Crippen molar-refractivity contribution in [3.8, 4) is 0 Å². The van der Waals surface area contributed by atoms with Gasteiger partial charge in [0.2, 0.25) is 0 Å². The van der Waals surface area contributed by atoms with Crippen LogP contribution in [0.4, 0.5) is 0 Å². The van der Waals surface area contributed by atoms with Crippen molar-refractivity contribution in [2.45, 2.75) is 11.8 Å². The highest BCUT2D eigenvalue weighted by atomic mass is 32.2. The second-order valence-corrected chi connectivity index (χ2v) is 6.63. The standard InChI is InChI=1S/C17H18N2OS/c1-15-10-12-17(13-11-15)21(2,20)19-18-14-6-9-16-7-4-3-5-8-16/h3-14H,2H2,1H3,(H,19,20)/b9-6+,18-14+. The van der Waals surface area contributed by atoms with E-state index in [1.165, 1.54) is 0 Å². The fourth-order valence-corrected chi connectivity index (χ4v) is 2.60. The molecule has 3 nitrogen and oxygen atoms in total. The zero-order valence-corrected chi connectivity index (χ0v) is 12.7. The van der Waals surface area contributed by atoms with E-state index in [2.05, 4.69) is 15.8 Å². The number of hydrogen-bond donors (Lipinski definition) is 1. The number of hydrogen-bond acceptors (Lipinski definition) is 2. The van der Waals surface area contributed by atoms with Crippen LogP contribution < -0.4 is 4.83 Å². The van der Waals surface area contributed by atoms with Crippen LogP contribution in [0.15, 0.2) is 70.7 Å². The Morgan fingerprint density at radius 2 is 1.76 bits per heavy atom. The Kier molecular flexibility index (Phi) is 4.95. The van der Waals surface area contributed by atoms with E-state index in [-0.39, 0.29) is 0 Å². The number of aryl methyl sites for hydroxylation is 1. The molecule has 2 aromatic carbocycles. The van der Waals surface area contributed by atoms with Gasteiger partial charge in [-0.25, -0.2) is 9.04 Å². The Labute approximate surface area is 126 Å². The minimum Gasteiger partial charge on any atom is -0.241 e. The zero-order valence-electron chi connectivity index (χ0n) is 11.9. The summed E-state index contributed by atoms with van der Waals surface area (Å²) < 4.78 is 12.4. The summed E-state index contributed by atoms with van der Waals surface area (Å²) in [5, 5.41) is 3.96. The smallest absolute Gasteiger partial charge is 0.0886 e. The van der Waals surface area contributed by atoms with Gasteiger partial charge in [0.25, 0.3) is 0 Å². The van der Waals surface area contributed by atoms with E-state index < -0.39 is 9.71 Å². The molecule has 1 unspecified atom stereocenters. The largest absolute Gasteiger partial charge is 0.241 e. The van der Waals surface area contributed by atoms with Crippen LogP contribution in [0.2, 0.25) is 0 Å². The van der Waals surface area contributed by atoms with Crippen molar-refractivity contribution >= 4 is 27.9 Å². The molecular formula is C17H18N2OS. The quantitative estimate of drug-likeness (QED) is 0.514. The van der Waals surface area contributed by atoms with E-state index in [0.29, 0.717) is 4.90 Å². The second-order valence-electron chi connectivity index (χ2n) is 4.63. The van der Waals surface area contributed by atoms with Crippen molar-refractivity contribution in [3.63, 3.8) is 0 Å². The molecule has 0 bridgehead atoms. The molecule has 0 amide bonds. The maximum absolute atomic E-state index is 12.4. The lowest BCUT2D eigenvalue weighted by molar-refractivity contribution is 0.673. The molecule has 1 N–H and O–H groups in total. The van der Waals surface area contributed by atoms with E-state index in [0.717, 1.165) is 11.1 Å². The Bertz CT molecular complexity index is 730. The lowest BCUT2D eigenvalue weighted by Gasteiger charge is -2.08. The summed E-state index contributed by atoms with van der Waals surface area (Å²) in [6.45, 7) is 1.98. The number of nitrogens with zero attached hydrogens (tertiary/aromatic N) is 1. The molecule has 0 radical (unpaired) electrons. The molecule has 0 aliphatic heterocycles. The fraction of sp³-hybridized carbons (Fsp3) is 0.0588. The number of hydrazone groups is 1. The molecule has 21 heavy (non-hydrogen) atoms. The Balaban J connectivity index is 1.97. The Morgan fingerprint density at radius 1 is 1.10 bits per heavy atom. The fourth-order valence-electron chi connectivity index (χ4n) is 1.69. The first-order valence-electron chi connectivity index (χ1n) is 6.53. The van der Waals surface area contributed by atoms with E-state index >= 15 is 0 Å². The van der Waals surface area contributed by atoms with E-state index in [4.69, 9.17) is 0 Å². The first kappa shape index (κ1) is 15.1. The average molecular weight is 298 g/mol. The first-order chi connectivity index (χ1) is 10.1. The molecule has 1 atom stereocenters. The van der Waals surface area contributed by atoms with Crippen LogP contribution in [0, 0.1) is 6.92 Å². The van der Waals surface area contributed by atoms with E-state index in [1.54, 1.807) is 24.4 Å². The maximum atomic E-state index is 12.4. The molecule has 0 fully saturated rings. The van der Waals surface area contributed by atoms with Crippen molar-refractivity contribution in [3.05, 3.63) is 71.8 Å². The van der Waals surface area contributed by atoms with Gasteiger partial charge in [0, 0.05) is 6.21 Å². The third-order valence-corrected chi connectivity index (χ3v) is 4.28. The minimum atomic E-state index is -2.60. The van der Waals surface area contributed by atoms with Gasteiger partial charge in [-0.1, -0.05) is 54.1 Å². The normalized spacial score (nSPS) is 14.3. The molecule has 2 aromatic rings.